The van der Waals surface area contributed by atoms with Crippen LogP contribution in [0.5, 0.6) is 0 Å². The standard InChI is InChI=1S/C74H58N4/c1-45(2)51-31-35-65(59(41-51)49-21-9-7-10-22-49)75(53-25-17-19-47(5)39-53)67-37-33-55-61-43-70-62(44-69(61)77-63-29-15-13-27-57(63)71(67)73(55)77)56-34-38-68(72-58-28-14-16-30-64(58)78(70)74(56)72)76(54-26-18-20-48(6)40-54)66-36-32-52(46(3)4)42-60(66)50-23-11-8-12-24-50/h7-46H,1-6H3. The summed E-state index contributed by atoms with van der Waals surface area (Å²) in [6, 6.07) is 86.7. The molecule has 0 aliphatic rings. The van der Waals surface area contributed by atoms with E-state index in [9.17, 15) is 0 Å². The largest absolute Gasteiger partial charge is 0.309 e. The van der Waals surface area contributed by atoms with Crippen molar-refractivity contribution in [3.63, 3.8) is 0 Å². The molecule has 0 aliphatic heterocycles. The molecule has 0 aliphatic carbocycles. The van der Waals surface area contributed by atoms with E-state index in [4.69, 9.17) is 0 Å². The van der Waals surface area contributed by atoms with Gasteiger partial charge in [-0.1, -0.05) is 173 Å². The van der Waals surface area contributed by atoms with Gasteiger partial charge >= 0.3 is 0 Å². The second-order valence-electron chi connectivity index (χ2n) is 22.2. The van der Waals surface area contributed by atoms with Crippen LogP contribution in [-0.2, 0) is 0 Å². The molecule has 0 saturated carbocycles. The normalized spacial score (nSPS) is 12.2. The van der Waals surface area contributed by atoms with E-state index in [1.54, 1.807) is 0 Å². The summed E-state index contributed by atoms with van der Waals surface area (Å²) in [6.45, 7) is 13.5. The highest BCUT2D eigenvalue weighted by Gasteiger charge is 2.30. The fourth-order valence-corrected chi connectivity index (χ4v) is 13.1. The lowest BCUT2D eigenvalue weighted by Gasteiger charge is -2.29. The van der Waals surface area contributed by atoms with Crippen LogP contribution in [0.4, 0.5) is 34.1 Å². The average Bonchev–Trinajstić information content (AvgIpc) is 3.74. The van der Waals surface area contributed by atoms with Crippen molar-refractivity contribution >= 4 is 110 Å². The third-order valence-electron chi connectivity index (χ3n) is 16.8. The van der Waals surface area contributed by atoms with Crippen LogP contribution in [0.15, 0.2) is 231 Å². The number of rotatable bonds is 10. The maximum Gasteiger partial charge on any atom is 0.0641 e. The van der Waals surface area contributed by atoms with E-state index in [1.165, 1.54) is 121 Å². The zero-order valence-corrected chi connectivity index (χ0v) is 44.9. The number of benzene rings is 11. The van der Waals surface area contributed by atoms with E-state index in [-0.39, 0.29) is 0 Å². The molecule has 4 aromatic heterocycles. The first-order valence-corrected chi connectivity index (χ1v) is 27.6. The zero-order valence-electron chi connectivity index (χ0n) is 44.9. The van der Waals surface area contributed by atoms with Crippen LogP contribution in [0.25, 0.3) is 98.4 Å². The second kappa shape index (κ2) is 17.6. The lowest BCUT2D eigenvalue weighted by Crippen LogP contribution is -2.12. The molecule has 15 aromatic rings. The molecule has 0 N–H and O–H groups in total. The third-order valence-corrected chi connectivity index (χ3v) is 16.8. The molecule has 0 bridgehead atoms. The number of aromatic nitrogens is 2. The number of fused-ring (bicyclic) bond motifs is 12. The Labute approximate surface area is 454 Å². The summed E-state index contributed by atoms with van der Waals surface area (Å²) in [7, 11) is 0. The Balaban J connectivity index is 1.01. The second-order valence-corrected chi connectivity index (χ2v) is 22.2. The van der Waals surface area contributed by atoms with Crippen LogP contribution < -0.4 is 9.80 Å². The van der Waals surface area contributed by atoms with Gasteiger partial charge in [-0.05, 0) is 144 Å². The molecule has 0 unspecified atom stereocenters. The van der Waals surface area contributed by atoms with E-state index in [1.807, 2.05) is 0 Å². The molecule has 4 nitrogen and oxygen atoms in total. The Hall–Kier alpha value is -9.38. The highest BCUT2D eigenvalue weighted by Crippen LogP contribution is 2.53. The van der Waals surface area contributed by atoms with Gasteiger partial charge < -0.3 is 18.6 Å². The summed E-state index contributed by atoms with van der Waals surface area (Å²) in [6.07, 6.45) is 0. The monoisotopic (exact) mass is 1000 g/mol. The molecule has 0 spiro atoms. The average molecular weight is 1000 g/mol. The Bertz CT molecular complexity index is 4520. The van der Waals surface area contributed by atoms with Gasteiger partial charge in [0, 0.05) is 65.6 Å². The van der Waals surface area contributed by atoms with Crippen LogP contribution in [-0.4, -0.2) is 8.80 Å². The molecule has 0 saturated heterocycles. The van der Waals surface area contributed by atoms with Crippen LogP contribution in [0.3, 0.4) is 0 Å². The molecule has 15 rings (SSSR count). The Morgan fingerprint density at radius 3 is 1.12 bits per heavy atom. The first kappa shape index (κ1) is 46.0. The highest BCUT2D eigenvalue weighted by molar-refractivity contribution is 6.32. The summed E-state index contributed by atoms with van der Waals surface area (Å²) in [5.41, 5.74) is 24.2. The maximum absolute atomic E-state index is 2.57. The van der Waals surface area contributed by atoms with Gasteiger partial charge in [-0.3, -0.25) is 0 Å². The molecule has 78 heavy (non-hydrogen) atoms. The van der Waals surface area contributed by atoms with E-state index in [2.05, 4.69) is 291 Å². The van der Waals surface area contributed by atoms with Gasteiger partial charge in [0.2, 0.25) is 0 Å². The maximum atomic E-state index is 2.57. The first-order chi connectivity index (χ1) is 38.2. The molecule has 4 heteroatoms. The first-order valence-electron chi connectivity index (χ1n) is 27.6. The third kappa shape index (κ3) is 6.85. The number of hydrogen-bond acceptors (Lipinski definition) is 2. The number of aryl methyl sites for hydroxylation is 2. The van der Waals surface area contributed by atoms with E-state index in [0.717, 1.165) is 34.1 Å². The number of anilines is 6. The van der Waals surface area contributed by atoms with Crippen molar-refractivity contribution in [2.45, 2.75) is 53.4 Å². The van der Waals surface area contributed by atoms with Crippen LogP contribution in [0, 0.1) is 13.8 Å². The molecule has 0 atom stereocenters. The summed E-state index contributed by atoms with van der Waals surface area (Å²) >= 11 is 0. The van der Waals surface area contributed by atoms with Crippen molar-refractivity contribution < 1.29 is 0 Å². The number of nitrogens with zero attached hydrogens (tertiary/aromatic N) is 4. The predicted molar refractivity (Wildman–Crippen MR) is 334 cm³/mol. The van der Waals surface area contributed by atoms with Gasteiger partial charge in [-0.2, -0.15) is 0 Å². The van der Waals surface area contributed by atoms with Gasteiger partial charge in [-0.15, -0.1) is 0 Å². The molecule has 374 valence electrons. The molecule has 11 aromatic carbocycles. The molecule has 0 amide bonds. The van der Waals surface area contributed by atoms with Crippen LogP contribution >= 0.6 is 0 Å². The molecule has 0 fully saturated rings. The van der Waals surface area contributed by atoms with Gasteiger partial charge in [-0.25, -0.2) is 0 Å². The topological polar surface area (TPSA) is 15.3 Å². The van der Waals surface area contributed by atoms with Crippen molar-refractivity contribution in [3.8, 4) is 22.3 Å². The van der Waals surface area contributed by atoms with Crippen molar-refractivity contribution in [2.75, 3.05) is 9.80 Å². The van der Waals surface area contributed by atoms with Gasteiger partial charge in [0.1, 0.15) is 0 Å². The zero-order chi connectivity index (χ0) is 52.5. The minimum absolute atomic E-state index is 0.385. The van der Waals surface area contributed by atoms with E-state index in [0.29, 0.717) is 11.8 Å². The van der Waals surface area contributed by atoms with Crippen molar-refractivity contribution in [1.29, 1.82) is 0 Å². The van der Waals surface area contributed by atoms with Gasteiger partial charge in [0.05, 0.1) is 55.8 Å². The summed E-state index contributed by atoms with van der Waals surface area (Å²) < 4.78 is 5.13. The Morgan fingerprint density at radius 1 is 0.308 bits per heavy atom. The molecule has 0 radical (unpaired) electrons. The fraction of sp³-hybridized carbons (Fsp3) is 0.108. The van der Waals surface area contributed by atoms with Gasteiger partial charge in [0.15, 0.2) is 0 Å². The number of hydrogen-bond donors (Lipinski definition) is 0. The molecule has 4 heterocycles. The smallest absolute Gasteiger partial charge is 0.0641 e. The molecular formula is C74H58N4. The number of para-hydroxylation sites is 2. The Morgan fingerprint density at radius 2 is 0.705 bits per heavy atom. The lowest BCUT2D eigenvalue weighted by atomic mass is 9.94. The highest BCUT2D eigenvalue weighted by atomic mass is 15.2. The fourth-order valence-electron chi connectivity index (χ4n) is 13.1. The van der Waals surface area contributed by atoms with E-state index < -0.39 is 0 Å². The van der Waals surface area contributed by atoms with Crippen molar-refractivity contribution in [3.05, 3.63) is 253 Å². The lowest BCUT2D eigenvalue weighted by molar-refractivity contribution is 0.867. The summed E-state index contributed by atoms with van der Waals surface area (Å²) in [5.74, 6) is 0.770. The minimum atomic E-state index is 0.385. The molecular weight excluding hydrogens is 945 g/mol. The SMILES string of the molecule is Cc1cccc(N(c2ccc(C(C)C)cc2-c2ccccc2)c2ccc3c4cc5c(cc4n4c6ccccc6c2c34)c2ccc(N(c3cccc(C)c3)c3ccc(C(C)C)cc3-c3ccccc3)c3c4ccccc4n5c23)c1. The van der Waals surface area contributed by atoms with Crippen LogP contribution in [0.2, 0.25) is 0 Å². The van der Waals surface area contributed by atoms with Crippen LogP contribution in [0.1, 0.15) is 61.8 Å². The van der Waals surface area contributed by atoms with Gasteiger partial charge in [0.25, 0.3) is 0 Å². The van der Waals surface area contributed by atoms with E-state index >= 15 is 0 Å². The Kier molecular flexibility index (Phi) is 10.4. The minimum Gasteiger partial charge on any atom is -0.309 e. The summed E-state index contributed by atoms with van der Waals surface area (Å²) in [4.78, 5) is 5.05. The van der Waals surface area contributed by atoms with Crippen molar-refractivity contribution in [2.24, 2.45) is 0 Å². The van der Waals surface area contributed by atoms with Crippen molar-refractivity contribution in [1.82, 2.24) is 8.80 Å². The summed E-state index contributed by atoms with van der Waals surface area (Å²) in [5, 5.41) is 9.97. The predicted octanol–water partition coefficient (Wildman–Crippen LogP) is 21.1. The quantitative estimate of drug-likeness (QED) is 0.136.